The van der Waals surface area contributed by atoms with E-state index in [0.717, 1.165) is 11.1 Å². The molecular formula is C18H21F2N3O2. The zero-order valence-corrected chi connectivity index (χ0v) is 14.0. The number of amides is 1. The Labute approximate surface area is 144 Å². The van der Waals surface area contributed by atoms with Crippen LogP contribution in [0.15, 0.2) is 29.3 Å². The molecule has 1 aliphatic heterocycles. The van der Waals surface area contributed by atoms with E-state index in [0.29, 0.717) is 32.1 Å². The third-order valence-corrected chi connectivity index (χ3v) is 6.13. The molecule has 2 aliphatic carbocycles. The van der Waals surface area contributed by atoms with Crippen LogP contribution in [0.4, 0.5) is 8.78 Å². The summed E-state index contributed by atoms with van der Waals surface area (Å²) in [5.41, 5.74) is 6.54. The number of carbonyl (C=O) groups is 1. The zero-order chi connectivity index (χ0) is 17.8. The maximum absolute atomic E-state index is 13.2. The average Bonchev–Trinajstić information content (AvgIpc) is 2.98. The molecule has 25 heavy (non-hydrogen) atoms. The molecule has 0 radical (unpaired) electrons. The summed E-state index contributed by atoms with van der Waals surface area (Å²) in [5, 5.41) is 0. The number of rotatable bonds is 2. The van der Waals surface area contributed by atoms with Crippen molar-refractivity contribution >= 4 is 11.9 Å². The Kier molecular flexibility index (Phi) is 3.61. The molecule has 1 fully saturated rings. The summed E-state index contributed by atoms with van der Waals surface area (Å²) in [5.74, 6) is 0.0928. The molecule has 7 heteroatoms. The number of guanidine groups is 1. The molecule has 1 aromatic rings. The van der Waals surface area contributed by atoms with Gasteiger partial charge in [0.05, 0.1) is 6.10 Å². The lowest BCUT2D eigenvalue weighted by Gasteiger charge is -2.45. The maximum atomic E-state index is 13.2. The zero-order valence-electron chi connectivity index (χ0n) is 14.0. The topological polar surface area (TPSA) is 67.9 Å². The highest BCUT2D eigenvalue weighted by atomic mass is 19.3. The molecule has 3 aliphatic rings. The van der Waals surface area contributed by atoms with Crippen LogP contribution in [0.25, 0.3) is 0 Å². The van der Waals surface area contributed by atoms with Crippen molar-refractivity contribution in [3.05, 3.63) is 35.4 Å². The molecule has 5 nitrogen and oxygen atoms in total. The van der Waals surface area contributed by atoms with E-state index < -0.39 is 23.7 Å². The van der Waals surface area contributed by atoms with Gasteiger partial charge in [-0.1, -0.05) is 24.3 Å². The molecule has 0 bridgehead atoms. The van der Waals surface area contributed by atoms with Gasteiger partial charge >= 0.3 is 6.61 Å². The SMILES string of the molecule is CN1C(=O)C2(N=C1N)c1ccccc1CC21CCC(OC(F)F)CC1. The fourth-order valence-electron chi connectivity index (χ4n) is 4.93. The van der Waals surface area contributed by atoms with Crippen molar-refractivity contribution in [2.45, 2.75) is 50.4 Å². The Hall–Kier alpha value is -2.02. The largest absolute Gasteiger partial charge is 0.369 e. The fourth-order valence-corrected chi connectivity index (χ4v) is 4.93. The molecule has 134 valence electrons. The molecule has 2 spiro atoms. The number of nitrogens with zero attached hydrogens (tertiary/aromatic N) is 2. The Morgan fingerprint density at radius 1 is 1.32 bits per heavy atom. The number of nitrogens with two attached hydrogens (primary N) is 1. The van der Waals surface area contributed by atoms with E-state index >= 15 is 0 Å². The highest BCUT2D eigenvalue weighted by Crippen LogP contribution is 2.61. The number of hydrogen-bond acceptors (Lipinski definition) is 4. The van der Waals surface area contributed by atoms with E-state index in [-0.39, 0.29) is 11.9 Å². The summed E-state index contributed by atoms with van der Waals surface area (Å²) in [4.78, 5) is 19.3. The van der Waals surface area contributed by atoms with E-state index in [1.165, 1.54) is 4.90 Å². The van der Waals surface area contributed by atoms with Crippen molar-refractivity contribution in [3.63, 3.8) is 0 Å². The van der Waals surface area contributed by atoms with Gasteiger partial charge in [-0.2, -0.15) is 8.78 Å². The van der Waals surface area contributed by atoms with Crippen LogP contribution in [-0.2, 0) is 21.5 Å². The first-order valence-electron chi connectivity index (χ1n) is 8.55. The Bertz CT molecular complexity index is 744. The lowest BCUT2D eigenvalue weighted by atomic mass is 9.61. The molecule has 1 aromatic carbocycles. The monoisotopic (exact) mass is 349 g/mol. The number of halogens is 2. The molecular weight excluding hydrogens is 328 g/mol. The molecule has 4 rings (SSSR count). The highest BCUT2D eigenvalue weighted by molar-refractivity contribution is 6.08. The van der Waals surface area contributed by atoms with Crippen molar-refractivity contribution < 1.29 is 18.3 Å². The molecule has 1 unspecified atom stereocenters. The van der Waals surface area contributed by atoms with Crippen molar-refractivity contribution in [1.29, 1.82) is 0 Å². The third kappa shape index (κ3) is 2.14. The smallest absolute Gasteiger partial charge is 0.345 e. The van der Waals surface area contributed by atoms with Crippen LogP contribution in [0.1, 0.15) is 36.8 Å². The minimum absolute atomic E-state index is 0.122. The highest BCUT2D eigenvalue weighted by Gasteiger charge is 2.66. The number of aliphatic imine (C=N–C) groups is 1. The van der Waals surface area contributed by atoms with Crippen molar-refractivity contribution in [1.82, 2.24) is 4.90 Å². The van der Waals surface area contributed by atoms with Crippen molar-refractivity contribution in [3.8, 4) is 0 Å². The normalized spacial score (nSPS) is 34.2. The first-order chi connectivity index (χ1) is 11.9. The van der Waals surface area contributed by atoms with Gasteiger partial charge in [0.15, 0.2) is 11.5 Å². The van der Waals surface area contributed by atoms with Crippen LogP contribution in [0.2, 0.25) is 0 Å². The van der Waals surface area contributed by atoms with Crippen molar-refractivity contribution in [2.24, 2.45) is 16.1 Å². The van der Waals surface area contributed by atoms with E-state index in [9.17, 15) is 13.6 Å². The number of likely N-dealkylation sites (N-methyl/N-ethyl adjacent to an activating group) is 1. The standard InChI is InChI=1S/C18H21F2N3O2/c1-23-14(24)18(22-16(23)21)13-5-3-2-4-11(13)10-17(18)8-6-12(7-9-17)25-15(19)20/h2-5,12,15H,6-10H2,1H3,(H2,21,22). The number of fused-ring (bicyclic) bond motifs is 3. The van der Waals surface area contributed by atoms with Gasteiger partial charge < -0.3 is 10.5 Å². The predicted octanol–water partition coefficient (Wildman–Crippen LogP) is 2.39. The number of benzene rings is 1. The van der Waals surface area contributed by atoms with E-state index in [4.69, 9.17) is 10.5 Å². The average molecular weight is 349 g/mol. The van der Waals surface area contributed by atoms with Gasteiger partial charge in [-0.15, -0.1) is 0 Å². The van der Waals surface area contributed by atoms with E-state index in [1.54, 1.807) is 7.05 Å². The first kappa shape index (κ1) is 16.4. The number of carbonyl (C=O) groups excluding carboxylic acids is 1. The number of hydrogen-bond donors (Lipinski definition) is 1. The van der Waals surface area contributed by atoms with E-state index in [1.807, 2.05) is 24.3 Å². The maximum Gasteiger partial charge on any atom is 0.345 e. The minimum Gasteiger partial charge on any atom is -0.369 e. The van der Waals surface area contributed by atoms with Gasteiger partial charge in [-0.05, 0) is 43.2 Å². The summed E-state index contributed by atoms with van der Waals surface area (Å²) in [7, 11) is 1.64. The molecule has 1 heterocycles. The number of alkyl halides is 2. The van der Waals surface area contributed by atoms with Crippen LogP contribution in [0.3, 0.4) is 0 Å². The Morgan fingerprint density at radius 3 is 2.60 bits per heavy atom. The molecule has 1 atom stereocenters. The predicted molar refractivity (Wildman–Crippen MR) is 88.0 cm³/mol. The summed E-state index contributed by atoms with van der Waals surface area (Å²) < 4.78 is 29.8. The second-order valence-corrected chi connectivity index (χ2v) is 7.25. The minimum atomic E-state index is -2.76. The lowest BCUT2D eigenvalue weighted by Crippen LogP contribution is -2.51. The summed E-state index contributed by atoms with van der Waals surface area (Å²) in [6, 6.07) is 7.82. The van der Waals surface area contributed by atoms with Crippen LogP contribution in [0, 0.1) is 5.41 Å². The van der Waals surface area contributed by atoms with E-state index in [2.05, 4.69) is 4.99 Å². The summed E-state index contributed by atoms with van der Waals surface area (Å²) >= 11 is 0. The summed E-state index contributed by atoms with van der Waals surface area (Å²) in [6.45, 7) is -2.76. The Morgan fingerprint density at radius 2 is 2.00 bits per heavy atom. The summed E-state index contributed by atoms with van der Waals surface area (Å²) in [6.07, 6.45) is 2.44. The molecule has 2 N–H and O–H groups in total. The molecule has 0 aromatic heterocycles. The fraction of sp³-hybridized carbons (Fsp3) is 0.556. The van der Waals surface area contributed by atoms with Crippen LogP contribution >= 0.6 is 0 Å². The van der Waals surface area contributed by atoms with Crippen molar-refractivity contribution in [2.75, 3.05) is 7.05 Å². The van der Waals surface area contributed by atoms with Gasteiger partial charge in [0.2, 0.25) is 0 Å². The lowest BCUT2D eigenvalue weighted by molar-refractivity contribution is -0.178. The van der Waals surface area contributed by atoms with Gasteiger partial charge in [-0.3, -0.25) is 9.69 Å². The third-order valence-electron chi connectivity index (χ3n) is 6.13. The van der Waals surface area contributed by atoms with Crippen LogP contribution < -0.4 is 5.73 Å². The second-order valence-electron chi connectivity index (χ2n) is 7.25. The van der Waals surface area contributed by atoms with Crippen LogP contribution in [0.5, 0.6) is 0 Å². The Balaban J connectivity index is 1.76. The molecule has 1 amide bonds. The van der Waals surface area contributed by atoms with Crippen LogP contribution in [-0.4, -0.2) is 36.5 Å². The first-order valence-corrected chi connectivity index (χ1v) is 8.55. The molecule has 0 saturated heterocycles. The van der Waals surface area contributed by atoms with Gasteiger partial charge in [0.1, 0.15) is 0 Å². The quantitative estimate of drug-likeness (QED) is 0.891. The van der Waals surface area contributed by atoms with Gasteiger partial charge in [0, 0.05) is 12.5 Å². The second kappa shape index (κ2) is 5.49. The van der Waals surface area contributed by atoms with Gasteiger partial charge in [0.25, 0.3) is 5.91 Å². The van der Waals surface area contributed by atoms with Gasteiger partial charge in [-0.25, -0.2) is 4.99 Å². The molecule has 1 saturated carbocycles. The number of ether oxygens (including phenoxy) is 1.